The number of rotatable bonds is 6. The Hall–Kier alpha value is -1.37. The first kappa shape index (κ1) is 18.7. The van der Waals surface area contributed by atoms with Crippen LogP contribution in [0.3, 0.4) is 0 Å². The van der Waals surface area contributed by atoms with E-state index in [4.69, 9.17) is 15.2 Å². The lowest BCUT2D eigenvalue weighted by Crippen LogP contribution is -2.49. The zero-order valence-corrected chi connectivity index (χ0v) is 13.2. The fourth-order valence-electron chi connectivity index (χ4n) is 2.36. The fourth-order valence-corrected chi connectivity index (χ4v) is 2.36. The van der Waals surface area contributed by atoms with Crippen LogP contribution in [0.15, 0.2) is 24.3 Å². The van der Waals surface area contributed by atoms with Crippen molar-refractivity contribution in [2.24, 2.45) is 11.1 Å². The molecule has 5 nitrogen and oxygen atoms in total. The first-order valence-corrected chi connectivity index (χ1v) is 7.11. The third-order valence-corrected chi connectivity index (χ3v) is 3.80. The van der Waals surface area contributed by atoms with Gasteiger partial charge in [-0.25, -0.2) is 4.39 Å². The summed E-state index contributed by atoms with van der Waals surface area (Å²) in [5, 5.41) is 2.81. The molecule has 0 bridgehead atoms. The number of hydrogen-bond donors (Lipinski definition) is 2. The lowest BCUT2D eigenvalue weighted by Gasteiger charge is -2.34. The number of carbonyl (C=O) groups is 1. The van der Waals surface area contributed by atoms with Gasteiger partial charge in [-0.2, -0.15) is 0 Å². The summed E-state index contributed by atoms with van der Waals surface area (Å²) < 4.78 is 23.9. The van der Waals surface area contributed by atoms with Gasteiger partial charge in [0.05, 0.1) is 12.0 Å². The van der Waals surface area contributed by atoms with Crippen LogP contribution in [0.25, 0.3) is 0 Å². The molecule has 1 aliphatic heterocycles. The maximum Gasteiger partial charge on any atom is 0.227 e. The van der Waals surface area contributed by atoms with E-state index < -0.39 is 11.2 Å². The summed E-state index contributed by atoms with van der Waals surface area (Å²) in [6.07, 6.45) is 1.26. The average Bonchev–Trinajstić information content (AvgIpc) is 2.53. The lowest BCUT2D eigenvalue weighted by atomic mass is 9.79. The van der Waals surface area contributed by atoms with Gasteiger partial charge in [-0.15, -0.1) is 12.4 Å². The Morgan fingerprint density at radius 2 is 2.05 bits per heavy atom. The zero-order chi connectivity index (χ0) is 15.1. The second-order valence-electron chi connectivity index (χ2n) is 5.13. The largest absolute Gasteiger partial charge is 0.489 e. The summed E-state index contributed by atoms with van der Waals surface area (Å²) in [7, 11) is 0. The van der Waals surface area contributed by atoms with Gasteiger partial charge in [-0.1, -0.05) is 12.1 Å². The Balaban J connectivity index is 0.00000242. The van der Waals surface area contributed by atoms with Crippen LogP contribution in [-0.4, -0.2) is 38.8 Å². The first-order valence-electron chi connectivity index (χ1n) is 7.11. The van der Waals surface area contributed by atoms with Gasteiger partial charge in [-0.3, -0.25) is 4.79 Å². The molecule has 0 aromatic heterocycles. The van der Waals surface area contributed by atoms with E-state index in [1.54, 1.807) is 18.2 Å². The number of amides is 1. The van der Waals surface area contributed by atoms with Crippen molar-refractivity contribution in [2.75, 3.05) is 32.9 Å². The Bertz CT molecular complexity index is 482. The van der Waals surface area contributed by atoms with Crippen LogP contribution in [0, 0.1) is 11.2 Å². The van der Waals surface area contributed by atoms with E-state index in [0.717, 1.165) is 0 Å². The second-order valence-corrected chi connectivity index (χ2v) is 5.13. The highest BCUT2D eigenvalue weighted by atomic mass is 35.5. The van der Waals surface area contributed by atoms with E-state index in [9.17, 15) is 9.18 Å². The maximum atomic E-state index is 13.3. The second kappa shape index (κ2) is 8.92. The van der Waals surface area contributed by atoms with Crippen LogP contribution in [0.1, 0.15) is 12.8 Å². The quantitative estimate of drug-likeness (QED) is 0.774. The minimum atomic E-state index is -0.545. The van der Waals surface area contributed by atoms with E-state index in [0.29, 0.717) is 39.1 Å². The van der Waals surface area contributed by atoms with E-state index in [-0.39, 0.29) is 30.7 Å². The average molecular weight is 333 g/mol. The predicted molar refractivity (Wildman–Crippen MR) is 83.7 cm³/mol. The Labute approximate surface area is 135 Å². The molecular formula is C15H22ClFN2O3. The zero-order valence-electron chi connectivity index (χ0n) is 12.3. The summed E-state index contributed by atoms with van der Waals surface area (Å²) in [5.74, 6) is -0.302. The number of carbonyl (C=O) groups excluding carboxylic acids is 1. The molecule has 1 aromatic carbocycles. The predicted octanol–water partition coefficient (Wildman–Crippen LogP) is 1.50. The molecule has 0 radical (unpaired) electrons. The molecule has 0 atom stereocenters. The minimum Gasteiger partial charge on any atom is -0.489 e. The van der Waals surface area contributed by atoms with E-state index in [2.05, 4.69) is 5.32 Å². The molecule has 7 heteroatoms. The topological polar surface area (TPSA) is 73.6 Å². The van der Waals surface area contributed by atoms with Crippen LogP contribution in [0.4, 0.5) is 4.39 Å². The van der Waals surface area contributed by atoms with Crippen LogP contribution in [0.2, 0.25) is 0 Å². The molecule has 0 saturated carbocycles. The summed E-state index contributed by atoms with van der Waals surface area (Å²) in [5.41, 5.74) is 5.21. The Morgan fingerprint density at radius 1 is 1.36 bits per heavy atom. The van der Waals surface area contributed by atoms with Gasteiger partial charge < -0.3 is 20.5 Å². The summed E-state index contributed by atoms with van der Waals surface area (Å²) in [6.45, 7) is 1.93. The van der Waals surface area contributed by atoms with E-state index >= 15 is 0 Å². The van der Waals surface area contributed by atoms with Crippen LogP contribution in [-0.2, 0) is 9.53 Å². The molecule has 1 aromatic rings. The van der Waals surface area contributed by atoms with Crippen molar-refractivity contribution >= 4 is 18.3 Å². The van der Waals surface area contributed by atoms with Gasteiger partial charge >= 0.3 is 0 Å². The number of benzene rings is 1. The number of hydrogen-bond acceptors (Lipinski definition) is 4. The molecular weight excluding hydrogens is 311 g/mol. The van der Waals surface area contributed by atoms with Gasteiger partial charge in [-0.05, 0) is 25.0 Å². The number of nitrogens with one attached hydrogen (secondary N) is 1. The molecule has 0 unspecified atom stereocenters. The standard InChI is InChI=1S/C15H21FN2O3.ClH/c16-12-3-1-2-4-13(12)21-10-7-18-14(19)15(11-17)5-8-20-9-6-15;/h1-4H,5-11,17H2,(H,18,19);1H. The smallest absolute Gasteiger partial charge is 0.227 e. The highest BCUT2D eigenvalue weighted by Gasteiger charge is 2.38. The summed E-state index contributed by atoms with van der Waals surface area (Å²) >= 11 is 0. The number of ether oxygens (including phenoxy) is 2. The molecule has 22 heavy (non-hydrogen) atoms. The van der Waals surface area contributed by atoms with Crippen LogP contribution < -0.4 is 15.8 Å². The number of para-hydroxylation sites is 1. The molecule has 124 valence electrons. The highest BCUT2D eigenvalue weighted by Crippen LogP contribution is 2.29. The third-order valence-electron chi connectivity index (χ3n) is 3.80. The van der Waals surface area contributed by atoms with Gasteiger partial charge in [0.2, 0.25) is 5.91 Å². The molecule has 1 amide bonds. The van der Waals surface area contributed by atoms with Gasteiger partial charge in [0.1, 0.15) is 6.61 Å². The molecule has 1 aliphatic rings. The van der Waals surface area contributed by atoms with Crippen molar-refractivity contribution in [1.82, 2.24) is 5.32 Å². The third kappa shape index (κ3) is 4.56. The Morgan fingerprint density at radius 3 is 2.68 bits per heavy atom. The molecule has 1 fully saturated rings. The monoisotopic (exact) mass is 332 g/mol. The minimum absolute atomic E-state index is 0. The maximum absolute atomic E-state index is 13.3. The normalized spacial score (nSPS) is 16.5. The van der Waals surface area contributed by atoms with Crippen LogP contribution >= 0.6 is 12.4 Å². The summed E-state index contributed by atoms with van der Waals surface area (Å²) in [6, 6.07) is 6.18. The Kier molecular flexibility index (Phi) is 7.58. The molecule has 1 saturated heterocycles. The highest BCUT2D eigenvalue weighted by molar-refractivity contribution is 5.85. The lowest BCUT2D eigenvalue weighted by molar-refractivity contribution is -0.136. The van der Waals surface area contributed by atoms with Crippen molar-refractivity contribution < 1.29 is 18.7 Å². The molecule has 2 rings (SSSR count). The van der Waals surface area contributed by atoms with Crippen molar-refractivity contribution in [1.29, 1.82) is 0 Å². The van der Waals surface area contributed by atoms with E-state index in [1.807, 2.05) is 0 Å². The summed E-state index contributed by atoms with van der Waals surface area (Å²) in [4.78, 5) is 12.3. The van der Waals surface area contributed by atoms with Gasteiger partial charge in [0.25, 0.3) is 0 Å². The van der Waals surface area contributed by atoms with E-state index in [1.165, 1.54) is 6.07 Å². The van der Waals surface area contributed by atoms with Crippen molar-refractivity contribution in [2.45, 2.75) is 12.8 Å². The fraction of sp³-hybridized carbons (Fsp3) is 0.533. The van der Waals surface area contributed by atoms with Crippen molar-refractivity contribution in [3.8, 4) is 5.75 Å². The molecule has 0 spiro atoms. The van der Waals surface area contributed by atoms with Crippen molar-refractivity contribution in [3.05, 3.63) is 30.1 Å². The number of halogens is 2. The van der Waals surface area contributed by atoms with Gasteiger partial charge in [0, 0.05) is 19.8 Å². The molecule has 3 N–H and O–H groups in total. The SMILES string of the molecule is Cl.NCC1(C(=O)NCCOc2ccccc2F)CCOCC1. The first-order chi connectivity index (χ1) is 10.2. The van der Waals surface area contributed by atoms with Crippen LogP contribution in [0.5, 0.6) is 5.75 Å². The van der Waals surface area contributed by atoms with Gasteiger partial charge in [0.15, 0.2) is 11.6 Å². The number of nitrogens with two attached hydrogens (primary N) is 1. The molecule has 0 aliphatic carbocycles. The molecule has 1 heterocycles. The van der Waals surface area contributed by atoms with Crippen molar-refractivity contribution in [3.63, 3.8) is 0 Å².